The first-order valence-corrected chi connectivity index (χ1v) is 9.63. The molecule has 5 heteroatoms. The molecule has 0 bridgehead atoms. The fraction of sp³-hybridized carbons (Fsp3) is 0. The summed E-state index contributed by atoms with van der Waals surface area (Å²) in [6.45, 7) is 0. The Balaban J connectivity index is 1.68. The average molecular weight is 389 g/mol. The summed E-state index contributed by atoms with van der Waals surface area (Å²) in [5.41, 5.74) is -0.293. The zero-order valence-electron chi connectivity index (χ0n) is 15.8. The lowest BCUT2D eigenvalue weighted by molar-refractivity contribution is 0.459. The van der Waals surface area contributed by atoms with Crippen LogP contribution in [-0.4, -0.2) is 10.1 Å². The van der Waals surface area contributed by atoms with Crippen LogP contribution < -0.4 is 21.5 Å². The molecule has 0 spiro atoms. The van der Waals surface area contributed by atoms with E-state index < -0.39 is 0 Å². The van der Waals surface area contributed by atoms with Crippen LogP contribution in [-0.2, 0) is 0 Å². The number of rotatable bonds is 0. The lowest BCUT2D eigenvalue weighted by atomic mass is 10.00. The molecular formula is C25H15N3O2. The van der Waals surface area contributed by atoms with Gasteiger partial charge in [0.15, 0.2) is 11.7 Å². The van der Waals surface area contributed by atoms with Crippen molar-refractivity contribution in [1.29, 1.82) is 0 Å². The van der Waals surface area contributed by atoms with Crippen LogP contribution in [0.5, 0.6) is 5.88 Å². The van der Waals surface area contributed by atoms with E-state index in [4.69, 9.17) is 0 Å². The Morgan fingerprint density at radius 3 is 2.07 bits per heavy atom. The van der Waals surface area contributed by atoms with Gasteiger partial charge in [-0.05, 0) is 40.1 Å². The van der Waals surface area contributed by atoms with Gasteiger partial charge in [-0.15, -0.1) is 0 Å². The summed E-state index contributed by atoms with van der Waals surface area (Å²) < 4.78 is 0. The predicted octanol–water partition coefficient (Wildman–Crippen LogP) is 2.41. The summed E-state index contributed by atoms with van der Waals surface area (Å²) in [5, 5.41) is 17.8. The van der Waals surface area contributed by atoms with Gasteiger partial charge in [0.1, 0.15) is 0 Å². The second-order valence-corrected chi connectivity index (χ2v) is 7.30. The third-order valence-electron chi connectivity index (χ3n) is 5.56. The van der Waals surface area contributed by atoms with Crippen molar-refractivity contribution in [1.82, 2.24) is 4.98 Å². The molecule has 6 rings (SSSR count). The molecule has 2 N–H and O–H groups in total. The van der Waals surface area contributed by atoms with Crippen LogP contribution in [0.4, 0.5) is 0 Å². The molecular weight excluding hydrogens is 374 g/mol. The maximum Gasteiger partial charge on any atom is 0.258 e. The maximum atomic E-state index is 12.3. The Morgan fingerprint density at radius 2 is 1.33 bits per heavy atom. The fourth-order valence-corrected chi connectivity index (χ4v) is 4.12. The number of aromatic amines is 1. The Kier molecular flexibility index (Phi) is 3.40. The number of fused-ring (bicyclic) bond motifs is 1. The lowest BCUT2D eigenvalue weighted by Gasteiger charge is -2.07. The molecule has 0 unspecified atom stereocenters. The summed E-state index contributed by atoms with van der Waals surface area (Å²) in [5.74, 6) is 0.599. The first-order valence-electron chi connectivity index (χ1n) is 9.63. The summed E-state index contributed by atoms with van der Waals surface area (Å²) in [6, 6.07) is 25.3. The van der Waals surface area contributed by atoms with Crippen molar-refractivity contribution < 1.29 is 5.11 Å². The maximum absolute atomic E-state index is 12.3. The lowest BCUT2D eigenvalue weighted by Crippen LogP contribution is -2.19. The standard InChI is InChI=1S/C25H15N3O2/c29-24-18-5-3-4-17-16(12-13-19(22(17)18)25(30)28-24)14-8-10-15(11-9-14)23-26-20-6-1-2-7-21(20)27-23/h1-13H,(H2,28,29,30). The van der Waals surface area contributed by atoms with Gasteiger partial charge < -0.3 is 5.11 Å². The minimum Gasteiger partial charge on any atom is -0.494 e. The van der Waals surface area contributed by atoms with Crippen molar-refractivity contribution in [2.24, 2.45) is 9.98 Å². The number of nitrogens with zero attached hydrogens (tertiary/aromatic N) is 2. The highest BCUT2D eigenvalue weighted by Crippen LogP contribution is 2.29. The molecule has 2 heterocycles. The molecule has 5 aromatic rings. The monoisotopic (exact) mass is 389 g/mol. The van der Waals surface area contributed by atoms with E-state index in [0.717, 1.165) is 37.1 Å². The minimum atomic E-state index is -0.293. The molecule has 30 heavy (non-hydrogen) atoms. The molecule has 142 valence electrons. The molecule has 0 saturated carbocycles. The van der Waals surface area contributed by atoms with Gasteiger partial charge in [-0.25, -0.2) is 9.98 Å². The van der Waals surface area contributed by atoms with Crippen LogP contribution in [0.15, 0.2) is 93.6 Å². The number of hydrogen-bond donors (Lipinski definition) is 2. The number of pyridine rings is 1. The van der Waals surface area contributed by atoms with E-state index in [-0.39, 0.29) is 11.4 Å². The highest BCUT2D eigenvalue weighted by atomic mass is 16.3. The highest BCUT2D eigenvalue weighted by molar-refractivity contribution is 6.11. The zero-order chi connectivity index (χ0) is 20.2. The molecule has 0 radical (unpaired) electrons. The minimum absolute atomic E-state index is 0.106. The topological polar surface area (TPSA) is 77.8 Å². The number of aromatic nitrogens is 1. The van der Waals surface area contributed by atoms with Crippen LogP contribution in [0, 0.1) is 10.4 Å². The Hall–Kier alpha value is -4.25. The van der Waals surface area contributed by atoms with E-state index in [1.54, 1.807) is 0 Å². The van der Waals surface area contributed by atoms with E-state index >= 15 is 0 Å². The van der Waals surface area contributed by atoms with Gasteiger partial charge in [0.05, 0.1) is 10.7 Å². The number of hydrogen-bond acceptors (Lipinski definition) is 4. The van der Waals surface area contributed by atoms with Crippen LogP contribution in [0.2, 0.25) is 0 Å². The quantitative estimate of drug-likeness (QED) is 0.427. The first kappa shape index (κ1) is 16.7. The second-order valence-electron chi connectivity index (χ2n) is 7.30. The van der Waals surface area contributed by atoms with Crippen LogP contribution >= 0.6 is 0 Å². The molecule has 0 atom stereocenters. The van der Waals surface area contributed by atoms with E-state index in [0.29, 0.717) is 16.6 Å². The van der Waals surface area contributed by atoms with E-state index in [1.165, 1.54) is 0 Å². The second kappa shape index (κ2) is 6.12. The largest absolute Gasteiger partial charge is 0.494 e. The molecule has 5 nitrogen and oxygen atoms in total. The fourth-order valence-electron chi connectivity index (χ4n) is 4.12. The number of H-pyrrole nitrogens is 1. The van der Waals surface area contributed by atoms with Crippen LogP contribution in [0.3, 0.4) is 0 Å². The van der Waals surface area contributed by atoms with Crippen molar-refractivity contribution in [2.75, 3.05) is 0 Å². The van der Waals surface area contributed by atoms with Gasteiger partial charge in [0, 0.05) is 21.4 Å². The van der Waals surface area contributed by atoms with Gasteiger partial charge in [-0.3, -0.25) is 9.78 Å². The molecule has 1 aromatic heterocycles. The SMILES string of the molecule is O=c1[nH]c(O)c2cccc3c(=c4ccc(=C5N=c6ccccc6=N5)cc4)ccc1c23. The van der Waals surface area contributed by atoms with Gasteiger partial charge >= 0.3 is 0 Å². The Morgan fingerprint density at radius 1 is 0.667 bits per heavy atom. The zero-order valence-corrected chi connectivity index (χ0v) is 15.8. The number of benzene rings is 4. The molecule has 0 fully saturated rings. The Labute approximate surface area is 169 Å². The summed E-state index contributed by atoms with van der Waals surface area (Å²) in [6.07, 6.45) is 0. The molecule has 0 amide bonds. The van der Waals surface area contributed by atoms with Crippen molar-refractivity contribution >= 4 is 27.4 Å². The van der Waals surface area contributed by atoms with Gasteiger partial charge in [0.25, 0.3) is 5.56 Å². The van der Waals surface area contributed by atoms with Gasteiger partial charge in [0.2, 0.25) is 0 Å². The van der Waals surface area contributed by atoms with Crippen molar-refractivity contribution in [2.45, 2.75) is 0 Å². The summed E-state index contributed by atoms with van der Waals surface area (Å²) >= 11 is 0. The third kappa shape index (κ3) is 2.39. The van der Waals surface area contributed by atoms with E-state index in [9.17, 15) is 9.90 Å². The van der Waals surface area contributed by atoms with E-state index in [2.05, 4.69) is 15.0 Å². The normalized spacial score (nSPS) is 12.7. The number of nitrogens with one attached hydrogen (secondary N) is 1. The van der Waals surface area contributed by atoms with E-state index in [1.807, 2.05) is 78.9 Å². The smallest absolute Gasteiger partial charge is 0.258 e. The first-order chi connectivity index (χ1) is 14.7. The molecule has 0 saturated heterocycles. The Bertz CT molecular complexity index is 1780. The summed E-state index contributed by atoms with van der Waals surface area (Å²) in [4.78, 5) is 24.0. The molecule has 1 aliphatic rings. The average Bonchev–Trinajstić information content (AvgIpc) is 3.21. The van der Waals surface area contributed by atoms with Gasteiger partial charge in [-0.1, -0.05) is 54.6 Å². The van der Waals surface area contributed by atoms with Crippen molar-refractivity contribution in [3.63, 3.8) is 0 Å². The predicted molar refractivity (Wildman–Crippen MR) is 115 cm³/mol. The number of aromatic hydroxyl groups is 1. The van der Waals surface area contributed by atoms with Crippen LogP contribution in [0.25, 0.3) is 27.4 Å². The molecule has 0 aliphatic carbocycles. The van der Waals surface area contributed by atoms with Crippen molar-refractivity contribution in [3.8, 4) is 5.88 Å². The highest BCUT2D eigenvalue weighted by Gasteiger charge is 2.10. The number of para-hydroxylation sites is 2. The third-order valence-corrected chi connectivity index (χ3v) is 5.56. The van der Waals surface area contributed by atoms with Gasteiger partial charge in [-0.2, -0.15) is 0 Å². The molecule has 1 aliphatic heterocycles. The summed E-state index contributed by atoms with van der Waals surface area (Å²) in [7, 11) is 0. The molecule has 4 aromatic carbocycles. The van der Waals surface area contributed by atoms with Crippen molar-refractivity contribution in [3.05, 3.63) is 116 Å². The van der Waals surface area contributed by atoms with Crippen LogP contribution in [0.1, 0.15) is 0 Å².